The van der Waals surface area contributed by atoms with Crippen LogP contribution in [0.15, 0.2) is 56.7 Å². The fourth-order valence-corrected chi connectivity index (χ4v) is 3.91. The summed E-state index contributed by atoms with van der Waals surface area (Å²) in [5, 5.41) is 8.99. The van der Waals surface area contributed by atoms with Gasteiger partial charge in [0.2, 0.25) is 5.91 Å². The zero-order chi connectivity index (χ0) is 19.3. The Hall–Kier alpha value is -2.29. The fourth-order valence-electron chi connectivity index (χ4n) is 3.03. The van der Waals surface area contributed by atoms with Crippen molar-refractivity contribution >= 4 is 29.3 Å². The minimum absolute atomic E-state index is 0.0742. The number of carbonyl (C=O) groups excluding carboxylic acids is 1. The van der Waals surface area contributed by atoms with Gasteiger partial charge in [0.15, 0.2) is 5.76 Å². The second-order valence-corrected chi connectivity index (χ2v) is 7.79. The van der Waals surface area contributed by atoms with Gasteiger partial charge in [-0.25, -0.2) is 0 Å². The molecule has 0 unspecified atom stereocenters. The summed E-state index contributed by atoms with van der Waals surface area (Å²) in [7, 11) is 0. The molecule has 4 rings (SSSR count). The third-order valence-electron chi connectivity index (χ3n) is 4.48. The van der Waals surface area contributed by atoms with Gasteiger partial charge < -0.3 is 13.7 Å². The van der Waals surface area contributed by atoms with E-state index >= 15 is 0 Å². The lowest BCUT2D eigenvalue weighted by molar-refractivity contribution is -0.130. The summed E-state index contributed by atoms with van der Waals surface area (Å²) in [4.78, 5) is 16.7. The van der Waals surface area contributed by atoms with E-state index in [9.17, 15) is 4.79 Å². The molecular formula is C19H19ClN4O3S. The Morgan fingerprint density at radius 3 is 2.75 bits per heavy atom. The quantitative estimate of drug-likeness (QED) is 0.567. The predicted molar refractivity (Wildman–Crippen MR) is 106 cm³/mol. The Bertz CT molecular complexity index is 923. The highest BCUT2D eigenvalue weighted by Crippen LogP contribution is 2.23. The first-order chi connectivity index (χ1) is 13.7. The Balaban J connectivity index is 1.23. The van der Waals surface area contributed by atoms with Gasteiger partial charge in [-0.15, -0.1) is 10.2 Å². The van der Waals surface area contributed by atoms with Crippen molar-refractivity contribution in [2.75, 3.05) is 31.9 Å². The topological polar surface area (TPSA) is 75.6 Å². The lowest BCUT2D eigenvalue weighted by Crippen LogP contribution is -2.48. The lowest BCUT2D eigenvalue weighted by Gasteiger charge is -2.34. The highest BCUT2D eigenvalue weighted by molar-refractivity contribution is 7.99. The monoisotopic (exact) mass is 418 g/mol. The number of rotatable bonds is 6. The maximum Gasteiger partial charge on any atom is 0.284 e. The van der Waals surface area contributed by atoms with Crippen molar-refractivity contribution in [3.05, 3.63) is 53.2 Å². The van der Waals surface area contributed by atoms with Gasteiger partial charge in [-0.05, 0) is 29.8 Å². The third-order valence-corrected chi connectivity index (χ3v) is 5.52. The van der Waals surface area contributed by atoms with Gasteiger partial charge in [-0.2, -0.15) is 0 Å². The van der Waals surface area contributed by atoms with E-state index in [4.69, 9.17) is 20.4 Å². The standard InChI is InChI=1S/C19H19ClN4O3S/c20-15-4-1-3-14(11-15)12-23-6-8-24(9-7-23)17(25)13-28-19-22-21-18(27-19)16-5-2-10-26-16/h1-5,10-11H,6-9,12-13H2. The van der Waals surface area contributed by atoms with E-state index in [1.54, 1.807) is 18.4 Å². The zero-order valence-corrected chi connectivity index (χ0v) is 16.7. The molecule has 2 aromatic heterocycles. The molecule has 3 heterocycles. The van der Waals surface area contributed by atoms with Crippen LogP contribution in [0.1, 0.15) is 5.56 Å². The summed E-state index contributed by atoms with van der Waals surface area (Å²) in [6.45, 7) is 3.94. The Labute approximate surface area is 171 Å². The molecule has 0 radical (unpaired) electrons. The van der Waals surface area contributed by atoms with Crippen molar-refractivity contribution in [2.24, 2.45) is 0 Å². The van der Waals surface area contributed by atoms with E-state index in [0.29, 0.717) is 30.0 Å². The van der Waals surface area contributed by atoms with Gasteiger partial charge in [0.25, 0.3) is 11.1 Å². The molecule has 3 aromatic rings. The Kier molecular flexibility index (Phi) is 5.99. The van der Waals surface area contributed by atoms with Crippen molar-refractivity contribution in [1.82, 2.24) is 20.0 Å². The first-order valence-electron chi connectivity index (χ1n) is 8.92. The van der Waals surface area contributed by atoms with Gasteiger partial charge in [-0.3, -0.25) is 9.69 Å². The molecule has 146 valence electrons. The smallest absolute Gasteiger partial charge is 0.284 e. The summed E-state index contributed by atoms with van der Waals surface area (Å²) >= 11 is 7.29. The van der Waals surface area contributed by atoms with Crippen LogP contribution in [0.25, 0.3) is 11.7 Å². The van der Waals surface area contributed by atoms with Crippen molar-refractivity contribution in [2.45, 2.75) is 11.8 Å². The number of amides is 1. The van der Waals surface area contributed by atoms with E-state index < -0.39 is 0 Å². The Morgan fingerprint density at radius 1 is 1.14 bits per heavy atom. The summed E-state index contributed by atoms with van der Waals surface area (Å²) < 4.78 is 10.7. The van der Waals surface area contributed by atoms with Crippen molar-refractivity contribution in [1.29, 1.82) is 0 Å². The van der Waals surface area contributed by atoms with Crippen LogP contribution in [0, 0.1) is 0 Å². The van der Waals surface area contributed by atoms with Gasteiger partial charge in [0.05, 0.1) is 12.0 Å². The van der Waals surface area contributed by atoms with Crippen LogP contribution in [-0.4, -0.2) is 57.8 Å². The zero-order valence-electron chi connectivity index (χ0n) is 15.1. The molecule has 28 heavy (non-hydrogen) atoms. The van der Waals surface area contributed by atoms with Gasteiger partial charge in [-0.1, -0.05) is 35.5 Å². The van der Waals surface area contributed by atoms with E-state index in [1.807, 2.05) is 23.1 Å². The largest absolute Gasteiger partial charge is 0.459 e. The van der Waals surface area contributed by atoms with Crippen LogP contribution in [0.2, 0.25) is 5.02 Å². The number of piperazine rings is 1. The van der Waals surface area contributed by atoms with Gasteiger partial charge in [0, 0.05) is 37.7 Å². The van der Waals surface area contributed by atoms with Crippen molar-refractivity contribution in [3.63, 3.8) is 0 Å². The maximum atomic E-state index is 12.5. The SMILES string of the molecule is O=C(CSc1nnc(-c2ccco2)o1)N1CCN(Cc2cccc(Cl)c2)CC1. The minimum Gasteiger partial charge on any atom is -0.459 e. The first-order valence-corrected chi connectivity index (χ1v) is 10.3. The number of thioether (sulfide) groups is 1. The number of halogens is 1. The minimum atomic E-state index is 0.0742. The van der Waals surface area contributed by atoms with Crippen LogP contribution in [0.4, 0.5) is 0 Å². The molecule has 0 aliphatic carbocycles. The van der Waals surface area contributed by atoms with E-state index in [-0.39, 0.29) is 11.7 Å². The second kappa shape index (κ2) is 8.81. The molecule has 1 amide bonds. The summed E-state index contributed by atoms with van der Waals surface area (Å²) in [6.07, 6.45) is 1.54. The average molecular weight is 419 g/mol. The van der Waals surface area contributed by atoms with Crippen LogP contribution < -0.4 is 0 Å². The molecule has 0 spiro atoms. The number of aromatic nitrogens is 2. The highest BCUT2D eigenvalue weighted by Gasteiger charge is 2.22. The fraction of sp³-hybridized carbons (Fsp3) is 0.316. The number of benzene rings is 1. The predicted octanol–water partition coefficient (Wildman–Crippen LogP) is 3.42. The van der Waals surface area contributed by atoms with Crippen molar-refractivity contribution < 1.29 is 13.6 Å². The first kappa shape index (κ1) is 19.0. The molecule has 0 saturated carbocycles. The molecule has 9 heteroatoms. The van der Waals surface area contributed by atoms with E-state index in [0.717, 1.165) is 24.7 Å². The van der Waals surface area contributed by atoms with Crippen LogP contribution in [0.5, 0.6) is 0 Å². The number of nitrogens with zero attached hydrogens (tertiary/aromatic N) is 4. The summed E-state index contributed by atoms with van der Waals surface area (Å²) in [5.74, 6) is 1.18. The molecule has 0 atom stereocenters. The maximum absolute atomic E-state index is 12.5. The number of hydrogen-bond donors (Lipinski definition) is 0. The van der Waals surface area contributed by atoms with Gasteiger partial charge >= 0.3 is 0 Å². The molecule has 1 fully saturated rings. The third kappa shape index (κ3) is 4.76. The van der Waals surface area contributed by atoms with E-state index in [1.165, 1.54) is 17.3 Å². The molecule has 0 N–H and O–H groups in total. The highest BCUT2D eigenvalue weighted by atomic mass is 35.5. The number of hydrogen-bond acceptors (Lipinski definition) is 7. The summed E-state index contributed by atoms with van der Waals surface area (Å²) in [5.41, 5.74) is 1.19. The van der Waals surface area contributed by atoms with E-state index in [2.05, 4.69) is 21.2 Å². The molecule has 1 saturated heterocycles. The van der Waals surface area contributed by atoms with Crippen LogP contribution >= 0.6 is 23.4 Å². The van der Waals surface area contributed by atoms with Crippen molar-refractivity contribution in [3.8, 4) is 11.7 Å². The summed E-state index contributed by atoms with van der Waals surface area (Å²) in [6, 6.07) is 11.4. The molecule has 1 aliphatic heterocycles. The number of furan rings is 1. The molecular weight excluding hydrogens is 400 g/mol. The second-order valence-electron chi connectivity index (χ2n) is 6.43. The molecule has 7 nitrogen and oxygen atoms in total. The Morgan fingerprint density at radius 2 is 2.00 bits per heavy atom. The lowest BCUT2D eigenvalue weighted by atomic mass is 10.2. The normalized spacial score (nSPS) is 15.1. The number of carbonyl (C=O) groups is 1. The molecule has 1 aliphatic rings. The van der Waals surface area contributed by atoms with Crippen LogP contribution in [0.3, 0.4) is 0 Å². The average Bonchev–Trinajstić information content (AvgIpc) is 3.38. The molecule has 1 aromatic carbocycles. The molecule has 0 bridgehead atoms. The van der Waals surface area contributed by atoms with Gasteiger partial charge in [0.1, 0.15) is 0 Å². The van der Waals surface area contributed by atoms with Crippen LogP contribution in [-0.2, 0) is 11.3 Å².